The third-order valence-corrected chi connectivity index (χ3v) is 9.40. The van der Waals surface area contributed by atoms with Gasteiger partial charge in [0.05, 0.1) is 114 Å². The predicted molar refractivity (Wildman–Crippen MR) is 198 cm³/mol. The molecule has 3 aromatic heterocycles. The first-order valence-corrected chi connectivity index (χ1v) is 18.4. The zero-order valence-corrected chi connectivity index (χ0v) is 32.0. The number of amides is 1. The van der Waals surface area contributed by atoms with Gasteiger partial charge in [-0.2, -0.15) is 0 Å². The van der Waals surface area contributed by atoms with Crippen LogP contribution in [0.5, 0.6) is 5.75 Å². The number of aliphatic carboxylic acids is 1. The number of hydrogen-bond acceptors (Lipinski definition) is 13. The summed E-state index contributed by atoms with van der Waals surface area (Å²) in [5.41, 5.74) is 5.15. The van der Waals surface area contributed by atoms with Crippen LogP contribution in [0.15, 0.2) is 22.9 Å². The van der Waals surface area contributed by atoms with Crippen molar-refractivity contribution in [3.05, 3.63) is 35.6 Å². The Bertz CT molecular complexity index is 1800. The second-order valence-electron chi connectivity index (χ2n) is 13.2. The van der Waals surface area contributed by atoms with E-state index in [2.05, 4.69) is 16.6 Å². The maximum absolute atomic E-state index is 13.0. The number of ether oxygens (including phenoxy) is 7. The highest BCUT2D eigenvalue weighted by molar-refractivity contribution is 6.05. The van der Waals surface area contributed by atoms with Crippen molar-refractivity contribution in [2.45, 2.75) is 52.0 Å². The van der Waals surface area contributed by atoms with E-state index in [0.717, 1.165) is 57.4 Å². The Hall–Kier alpha value is -4.19. The zero-order valence-electron chi connectivity index (χ0n) is 32.0. The highest BCUT2D eigenvalue weighted by Gasteiger charge is 2.30. The molecular formula is C38H53N5O11. The van der Waals surface area contributed by atoms with Gasteiger partial charge in [-0.25, -0.2) is 4.98 Å². The summed E-state index contributed by atoms with van der Waals surface area (Å²) in [6.07, 6.45) is 3.36. The van der Waals surface area contributed by atoms with Crippen molar-refractivity contribution < 1.29 is 52.4 Å². The van der Waals surface area contributed by atoms with Gasteiger partial charge in [0.25, 0.3) is 0 Å². The quantitative estimate of drug-likeness (QED) is 0.106. The minimum atomic E-state index is -0.886. The Morgan fingerprint density at radius 1 is 0.907 bits per heavy atom. The molecule has 0 aliphatic carbocycles. The number of benzene rings is 1. The number of carboxylic acids is 1. The molecule has 16 nitrogen and oxygen atoms in total. The van der Waals surface area contributed by atoms with Crippen LogP contribution in [0.1, 0.15) is 55.4 Å². The van der Waals surface area contributed by atoms with Crippen molar-refractivity contribution in [1.29, 1.82) is 0 Å². The van der Waals surface area contributed by atoms with Gasteiger partial charge in [0.2, 0.25) is 5.91 Å². The van der Waals surface area contributed by atoms with Crippen molar-refractivity contribution >= 4 is 33.8 Å². The lowest BCUT2D eigenvalue weighted by molar-refractivity contribution is -0.139. The summed E-state index contributed by atoms with van der Waals surface area (Å²) in [5, 5.41) is 13.6. The monoisotopic (exact) mass is 755 g/mol. The molecule has 296 valence electrons. The topological polar surface area (TPSA) is 179 Å². The van der Waals surface area contributed by atoms with E-state index in [-0.39, 0.29) is 37.5 Å². The average molecular weight is 756 g/mol. The molecule has 0 saturated carbocycles. The van der Waals surface area contributed by atoms with E-state index in [1.165, 1.54) is 0 Å². The van der Waals surface area contributed by atoms with Crippen molar-refractivity contribution in [2.75, 3.05) is 100.0 Å². The van der Waals surface area contributed by atoms with Gasteiger partial charge in [0.1, 0.15) is 29.5 Å². The summed E-state index contributed by atoms with van der Waals surface area (Å²) in [7, 11) is 3.37. The van der Waals surface area contributed by atoms with Gasteiger partial charge >= 0.3 is 5.97 Å². The number of aromatic nitrogens is 4. The van der Waals surface area contributed by atoms with Gasteiger partial charge < -0.3 is 52.3 Å². The number of imidazole rings is 1. The minimum Gasteiger partial charge on any atom is -0.496 e. The molecule has 0 unspecified atom stereocenters. The summed E-state index contributed by atoms with van der Waals surface area (Å²) in [4.78, 5) is 35.2. The summed E-state index contributed by atoms with van der Waals surface area (Å²) < 4.78 is 46.4. The fourth-order valence-electron chi connectivity index (χ4n) is 6.78. The smallest absolute Gasteiger partial charge is 0.305 e. The van der Waals surface area contributed by atoms with Crippen LogP contribution < -0.4 is 4.74 Å². The molecule has 0 bridgehead atoms. The Morgan fingerprint density at radius 2 is 1.54 bits per heavy atom. The number of fused-ring (bicyclic) bond motifs is 3. The molecule has 1 aromatic carbocycles. The van der Waals surface area contributed by atoms with E-state index >= 15 is 0 Å². The number of carbonyl (C=O) groups is 2. The Balaban J connectivity index is 1.09. The number of pyridine rings is 1. The molecule has 1 aliphatic rings. The normalized spacial score (nSPS) is 14.4. The largest absolute Gasteiger partial charge is 0.496 e. The third kappa shape index (κ3) is 10.5. The summed E-state index contributed by atoms with van der Waals surface area (Å²) in [6.45, 7) is 10.9. The molecule has 1 saturated heterocycles. The molecule has 1 fully saturated rings. The SMILES string of the molecule is COC[C@@H](C)n1c(C2CCN(C(=O)COCCOCCOCCOCCOCCC(=O)O)CC2)nc2cnc3cc(-c4c(C)noc4C)c(OC)cc3c21. The second kappa shape index (κ2) is 20.5. The van der Waals surface area contributed by atoms with Crippen LogP contribution in [-0.4, -0.2) is 142 Å². The van der Waals surface area contributed by atoms with Crippen molar-refractivity contribution in [3.8, 4) is 16.9 Å². The number of likely N-dealkylation sites (tertiary alicyclic amines) is 1. The molecule has 5 rings (SSSR count). The van der Waals surface area contributed by atoms with Gasteiger partial charge in [-0.3, -0.25) is 14.6 Å². The fourth-order valence-corrected chi connectivity index (χ4v) is 6.78. The lowest BCUT2D eigenvalue weighted by atomic mass is 9.95. The fraction of sp³-hybridized carbons (Fsp3) is 0.605. The van der Waals surface area contributed by atoms with E-state index < -0.39 is 5.97 Å². The maximum atomic E-state index is 13.0. The van der Waals surface area contributed by atoms with Gasteiger partial charge in [0, 0.05) is 37.1 Å². The Kier molecular flexibility index (Phi) is 15.5. The number of carboxylic acid groups (broad SMARTS) is 1. The zero-order chi connectivity index (χ0) is 38.5. The predicted octanol–water partition coefficient (Wildman–Crippen LogP) is 4.34. The van der Waals surface area contributed by atoms with Crippen molar-refractivity contribution in [1.82, 2.24) is 24.6 Å². The summed E-state index contributed by atoms with van der Waals surface area (Å²) >= 11 is 0. The number of carbonyl (C=O) groups excluding carboxylic acids is 1. The van der Waals surface area contributed by atoms with Crippen molar-refractivity contribution in [2.24, 2.45) is 0 Å². The number of hydrogen-bond donors (Lipinski definition) is 1. The molecule has 0 radical (unpaired) electrons. The van der Waals surface area contributed by atoms with Gasteiger partial charge in [-0.1, -0.05) is 5.16 Å². The molecule has 0 spiro atoms. The standard InChI is InChI=1S/C38H53N5O11/c1-25(23-47-4)43-37-29-21-33(48-5)30(36-26(2)41-54-27(36)3)20-31(29)39-22-32(37)40-38(43)28-6-9-42(10-7-28)34(44)24-53-19-18-52-17-16-51-15-14-50-13-12-49-11-8-35(45)46/h20-22,25,28H,6-19,23-24H2,1-5H3,(H,45,46)/t25-/m1/s1. The lowest BCUT2D eigenvalue weighted by Crippen LogP contribution is -2.40. The van der Waals surface area contributed by atoms with Crippen LogP contribution in [0.25, 0.3) is 33.1 Å². The van der Waals surface area contributed by atoms with E-state index in [1.54, 1.807) is 14.2 Å². The highest BCUT2D eigenvalue weighted by atomic mass is 16.6. The maximum Gasteiger partial charge on any atom is 0.305 e. The van der Waals surface area contributed by atoms with Gasteiger partial charge in [-0.15, -0.1) is 0 Å². The van der Waals surface area contributed by atoms with Crippen molar-refractivity contribution in [3.63, 3.8) is 0 Å². The van der Waals surface area contributed by atoms with Gasteiger partial charge in [-0.05, 0) is 45.7 Å². The molecule has 4 aromatic rings. The minimum absolute atomic E-state index is 0.000552. The first-order valence-electron chi connectivity index (χ1n) is 18.4. The molecule has 1 atom stereocenters. The Morgan fingerprint density at radius 3 is 2.11 bits per heavy atom. The van der Waals surface area contributed by atoms with E-state index in [0.29, 0.717) is 84.1 Å². The molecule has 1 amide bonds. The van der Waals surface area contributed by atoms with Crippen LogP contribution >= 0.6 is 0 Å². The molecule has 1 aliphatic heterocycles. The summed E-state index contributed by atoms with van der Waals surface area (Å²) in [6, 6.07) is 4.06. The van der Waals surface area contributed by atoms with Crippen LogP contribution in [0.2, 0.25) is 0 Å². The summed E-state index contributed by atoms with van der Waals surface area (Å²) in [5.74, 6) is 1.60. The number of aryl methyl sites for hydroxylation is 2. The molecule has 1 N–H and O–H groups in total. The average Bonchev–Trinajstić information content (AvgIpc) is 3.73. The van der Waals surface area contributed by atoms with Crippen LogP contribution in [0, 0.1) is 13.8 Å². The highest BCUT2D eigenvalue weighted by Crippen LogP contribution is 2.41. The van der Waals surface area contributed by atoms with E-state index in [9.17, 15) is 9.59 Å². The van der Waals surface area contributed by atoms with Crippen LogP contribution in [0.3, 0.4) is 0 Å². The van der Waals surface area contributed by atoms with E-state index in [1.807, 2.05) is 37.1 Å². The van der Waals surface area contributed by atoms with Gasteiger partial charge in [0.15, 0.2) is 0 Å². The second-order valence-corrected chi connectivity index (χ2v) is 13.2. The lowest BCUT2D eigenvalue weighted by Gasteiger charge is -2.32. The number of nitrogens with zero attached hydrogens (tertiary/aromatic N) is 5. The Labute approximate surface area is 314 Å². The number of piperidine rings is 1. The number of methoxy groups -OCH3 is 2. The first kappa shape index (κ1) is 41.0. The first-order chi connectivity index (χ1) is 26.2. The molecule has 54 heavy (non-hydrogen) atoms. The number of rotatable bonds is 23. The molecular weight excluding hydrogens is 702 g/mol. The molecule has 4 heterocycles. The van der Waals surface area contributed by atoms with E-state index in [4.69, 9.17) is 52.8 Å². The molecule has 16 heteroatoms. The van der Waals surface area contributed by atoms with Crippen LogP contribution in [0.4, 0.5) is 0 Å². The third-order valence-electron chi connectivity index (χ3n) is 9.40. The van der Waals surface area contributed by atoms with Crippen LogP contribution in [-0.2, 0) is 38.0 Å².